The fourth-order valence-corrected chi connectivity index (χ4v) is 2.24. The van der Waals surface area contributed by atoms with Gasteiger partial charge in [-0.1, -0.05) is 18.2 Å². The molecule has 1 aromatic heterocycles. The maximum atomic E-state index is 13.6. The Morgan fingerprint density at radius 2 is 2.04 bits per heavy atom. The molecule has 2 rings (SSSR count). The topological polar surface area (TPSA) is 45.5 Å². The molecule has 4 nitrogen and oxygen atoms in total. The first-order valence-corrected chi connectivity index (χ1v) is 7.40. The number of nitrogens with one attached hydrogen (secondary N) is 1. The Kier molecular flexibility index (Phi) is 5.71. The lowest BCUT2D eigenvalue weighted by molar-refractivity contribution is -0.117. The largest absolute Gasteiger partial charge is 0.468 e. The van der Waals surface area contributed by atoms with Crippen LogP contribution in [0.5, 0.6) is 0 Å². The smallest absolute Gasteiger partial charge is 0.247 e. The van der Waals surface area contributed by atoms with Gasteiger partial charge in [0.1, 0.15) is 11.6 Å². The number of carbonyl (C=O) groups is 1. The minimum absolute atomic E-state index is 0.0600. The fraction of sp³-hybridized carbons (Fsp3) is 0.278. The number of halogens is 1. The van der Waals surface area contributed by atoms with E-state index >= 15 is 0 Å². The third kappa shape index (κ3) is 4.53. The summed E-state index contributed by atoms with van der Waals surface area (Å²) in [6.45, 7) is 2.07. The summed E-state index contributed by atoms with van der Waals surface area (Å²) in [5.41, 5.74) is 0.849. The summed E-state index contributed by atoms with van der Waals surface area (Å²) < 4.78 is 19.0. The van der Waals surface area contributed by atoms with Crippen molar-refractivity contribution >= 4 is 12.0 Å². The summed E-state index contributed by atoms with van der Waals surface area (Å²) in [6.07, 6.45) is 3.15. The lowest BCUT2D eigenvalue weighted by atomic mass is 10.1. The lowest BCUT2D eigenvalue weighted by Crippen LogP contribution is -2.34. The Hall–Kier alpha value is -2.40. The van der Waals surface area contributed by atoms with Crippen molar-refractivity contribution in [1.82, 2.24) is 10.2 Å². The number of benzene rings is 1. The SMILES string of the molecule is C/C(=C\c1ccccc1F)C(=O)NCC(c1ccco1)N(C)C. The van der Waals surface area contributed by atoms with Gasteiger partial charge in [-0.25, -0.2) is 4.39 Å². The monoisotopic (exact) mass is 316 g/mol. The van der Waals surface area contributed by atoms with Crippen LogP contribution in [0.15, 0.2) is 52.7 Å². The van der Waals surface area contributed by atoms with E-state index in [1.54, 1.807) is 37.5 Å². The summed E-state index contributed by atoms with van der Waals surface area (Å²) in [4.78, 5) is 14.2. The predicted octanol–water partition coefficient (Wildman–Crippen LogP) is 3.24. The molecule has 23 heavy (non-hydrogen) atoms. The number of carbonyl (C=O) groups excluding carboxylic acids is 1. The van der Waals surface area contributed by atoms with Crippen molar-refractivity contribution in [1.29, 1.82) is 0 Å². The van der Waals surface area contributed by atoms with Crippen molar-refractivity contribution in [3.8, 4) is 0 Å². The summed E-state index contributed by atoms with van der Waals surface area (Å²) in [6, 6.07) is 9.99. The molecule has 0 spiro atoms. The first kappa shape index (κ1) is 17.0. The number of likely N-dealkylation sites (N-methyl/N-ethyl adjacent to an activating group) is 1. The normalized spacial score (nSPS) is 13.2. The van der Waals surface area contributed by atoms with Crippen molar-refractivity contribution in [3.63, 3.8) is 0 Å². The van der Waals surface area contributed by atoms with Crippen LogP contribution in [0.2, 0.25) is 0 Å². The molecular weight excluding hydrogens is 295 g/mol. The van der Waals surface area contributed by atoms with Crippen LogP contribution in [0.1, 0.15) is 24.3 Å². The van der Waals surface area contributed by atoms with Gasteiger partial charge in [-0.3, -0.25) is 9.69 Å². The zero-order valence-corrected chi connectivity index (χ0v) is 13.5. The van der Waals surface area contributed by atoms with Crippen LogP contribution in [0.4, 0.5) is 4.39 Å². The van der Waals surface area contributed by atoms with Crippen LogP contribution >= 0.6 is 0 Å². The highest BCUT2D eigenvalue weighted by atomic mass is 19.1. The van der Waals surface area contributed by atoms with E-state index < -0.39 is 0 Å². The first-order valence-electron chi connectivity index (χ1n) is 7.40. The number of hydrogen-bond donors (Lipinski definition) is 1. The van der Waals surface area contributed by atoms with Crippen LogP contribution in [-0.4, -0.2) is 31.4 Å². The Labute approximate surface area is 135 Å². The molecule has 0 saturated heterocycles. The quantitative estimate of drug-likeness (QED) is 0.832. The van der Waals surface area contributed by atoms with Gasteiger partial charge >= 0.3 is 0 Å². The third-order valence-corrected chi connectivity index (χ3v) is 3.59. The molecule has 0 aliphatic carbocycles. The average molecular weight is 316 g/mol. The van der Waals surface area contributed by atoms with Gasteiger partial charge in [-0.05, 0) is 45.3 Å². The Balaban J connectivity index is 2.02. The van der Waals surface area contributed by atoms with Crippen LogP contribution < -0.4 is 5.32 Å². The van der Waals surface area contributed by atoms with E-state index in [2.05, 4.69) is 5.32 Å². The second-order valence-corrected chi connectivity index (χ2v) is 5.55. The minimum atomic E-state index is -0.346. The Bertz CT molecular complexity index is 678. The number of amides is 1. The van der Waals surface area contributed by atoms with Crippen molar-refractivity contribution in [2.75, 3.05) is 20.6 Å². The highest BCUT2D eigenvalue weighted by Gasteiger charge is 2.18. The molecule has 0 saturated carbocycles. The fourth-order valence-electron chi connectivity index (χ4n) is 2.24. The highest BCUT2D eigenvalue weighted by Crippen LogP contribution is 2.18. The van der Waals surface area contributed by atoms with Crippen molar-refractivity contribution in [2.24, 2.45) is 0 Å². The summed E-state index contributed by atoms with van der Waals surface area (Å²) >= 11 is 0. The van der Waals surface area contributed by atoms with Gasteiger partial charge in [0.15, 0.2) is 0 Å². The molecule has 122 valence electrons. The number of furan rings is 1. The molecule has 0 radical (unpaired) electrons. The molecule has 1 heterocycles. The maximum Gasteiger partial charge on any atom is 0.247 e. The molecule has 0 fully saturated rings. The molecule has 2 aromatic rings. The van der Waals surface area contributed by atoms with Gasteiger partial charge in [0, 0.05) is 17.7 Å². The third-order valence-electron chi connectivity index (χ3n) is 3.59. The molecule has 1 N–H and O–H groups in total. The molecule has 1 aromatic carbocycles. The second-order valence-electron chi connectivity index (χ2n) is 5.55. The van der Waals surface area contributed by atoms with E-state index in [9.17, 15) is 9.18 Å². The van der Waals surface area contributed by atoms with E-state index in [0.29, 0.717) is 17.7 Å². The highest BCUT2D eigenvalue weighted by molar-refractivity contribution is 5.97. The summed E-state index contributed by atoms with van der Waals surface area (Å²) in [5, 5.41) is 2.86. The molecule has 1 atom stereocenters. The van der Waals surface area contributed by atoms with E-state index in [1.165, 1.54) is 6.07 Å². The first-order chi connectivity index (χ1) is 11.0. The maximum absolute atomic E-state index is 13.6. The van der Waals surface area contributed by atoms with E-state index in [-0.39, 0.29) is 17.8 Å². The minimum Gasteiger partial charge on any atom is -0.468 e. The average Bonchev–Trinajstić information content (AvgIpc) is 3.03. The second kappa shape index (κ2) is 7.74. The molecule has 0 aliphatic rings. The molecule has 1 amide bonds. The zero-order chi connectivity index (χ0) is 16.8. The molecule has 0 bridgehead atoms. The predicted molar refractivity (Wildman–Crippen MR) is 88.2 cm³/mol. The van der Waals surface area contributed by atoms with Gasteiger partial charge in [-0.15, -0.1) is 0 Å². The number of nitrogens with zero attached hydrogens (tertiary/aromatic N) is 1. The van der Waals surface area contributed by atoms with Crippen molar-refractivity contribution in [3.05, 3.63) is 65.4 Å². The summed E-state index contributed by atoms with van der Waals surface area (Å²) in [5.74, 6) is 0.207. The summed E-state index contributed by atoms with van der Waals surface area (Å²) in [7, 11) is 3.84. The van der Waals surface area contributed by atoms with Gasteiger partial charge in [0.2, 0.25) is 5.91 Å². The van der Waals surface area contributed by atoms with Crippen LogP contribution in [-0.2, 0) is 4.79 Å². The van der Waals surface area contributed by atoms with Crippen LogP contribution in [0.3, 0.4) is 0 Å². The molecular formula is C18H21FN2O2. The Morgan fingerprint density at radius 3 is 2.65 bits per heavy atom. The van der Waals surface area contributed by atoms with Crippen LogP contribution in [0, 0.1) is 5.82 Å². The lowest BCUT2D eigenvalue weighted by Gasteiger charge is -2.22. The molecule has 0 aliphatic heterocycles. The van der Waals surface area contributed by atoms with Gasteiger partial charge in [-0.2, -0.15) is 0 Å². The van der Waals surface area contributed by atoms with Crippen molar-refractivity contribution in [2.45, 2.75) is 13.0 Å². The van der Waals surface area contributed by atoms with Gasteiger partial charge in [0.25, 0.3) is 0 Å². The molecule has 1 unspecified atom stereocenters. The van der Waals surface area contributed by atoms with E-state index in [4.69, 9.17) is 4.42 Å². The van der Waals surface area contributed by atoms with Crippen LogP contribution in [0.25, 0.3) is 6.08 Å². The van der Waals surface area contributed by atoms with E-state index in [0.717, 1.165) is 5.76 Å². The van der Waals surface area contributed by atoms with Gasteiger partial charge < -0.3 is 9.73 Å². The number of rotatable bonds is 6. The Morgan fingerprint density at radius 1 is 1.30 bits per heavy atom. The standard InChI is InChI=1S/C18H21FN2O2/c1-13(11-14-7-4-5-8-15(14)19)18(22)20-12-16(21(2)3)17-9-6-10-23-17/h4-11,16H,12H2,1-3H3,(H,20,22)/b13-11+. The number of hydrogen-bond acceptors (Lipinski definition) is 3. The van der Waals surface area contributed by atoms with Crippen molar-refractivity contribution < 1.29 is 13.6 Å². The zero-order valence-electron chi connectivity index (χ0n) is 13.5. The molecule has 5 heteroatoms. The van der Waals surface area contributed by atoms with E-state index in [1.807, 2.05) is 31.1 Å². The van der Waals surface area contributed by atoms with Gasteiger partial charge in [0.05, 0.1) is 12.3 Å².